The molecule has 2 rings (SSSR count). The SMILES string of the molecule is CCOc1cncc(C2CC(C)CCN2)c1. The van der Waals surface area contributed by atoms with Crippen LogP contribution in [0.15, 0.2) is 18.5 Å². The summed E-state index contributed by atoms with van der Waals surface area (Å²) in [6.45, 7) is 6.10. The first kappa shape index (κ1) is 11.4. The Kier molecular flexibility index (Phi) is 3.78. The molecule has 0 aliphatic carbocycles. The Morgan fingerprint density at radius 3 is 3.12 bits per heavy atom. The van der Waals surface area contributed by atoms with Crippen LogP contribution in [-0.4, -0.2) is 18.1 Å². The van der Waals surface area contributed by atoms with Gasteiger partial charge < -0.3 is 10.1 Å². The second-order valence-corrected chi connectivity index (χ2v) is 4.52. The molecular formula is C13H20N2O. The van der Waals surface area contributed by atoms with Gasteiger partial charge in [0.1, 0.15) is 5.75 Å². The van der Waals surface area contributed by atoms with Crippen LogP contribution in [0.5, 0.6) is 5.75 Å². The molecule has 1 aliphatic heterocycles. The van der Waals surface area contributed by atoms with Gasteiger partial charge in [0, 0.05) is 12.2 Å². The first-order valence-corrected chi connectivity index (χ1v) is 6.10. The Balaban J connectivity index is 2.09. The number of nitrogens with zero attached hydrogens (tertiary/aromatic N) is 1. The van der Waals surface area contributed by atoms with Crippen molar-refractivity contribution >= 4 is 0 Å². The fraction of sp³-hybridized carbons (Fsp3) is 0.615. The Bertz CT molecular complexity index is 340. The molecule has 0 spiro atoms. The van der Waals surface area contributed by atoms with Gasteiger partial charge in [0.15, 0.2) is 0 Å². The number of nitrogens with one attached hydrogen (secondary N) is 1. The summed E-state index contributed by atoms with van der Waals surface area (Å²) < 4.78 is 5.47. The lowest BCUT2D eigenvalue weighted by Gasteiger charge is -2.28. The minimum absolute atomic E-state index is 0.441. The van der Waals surface area contributed by atoms with Crippen molar-refractivity contribution in [3.05, 3.63) is 24.0 Å². The van der Waals surface area contributed by atoms with Crippen molar-refractivity contribution in [3.8, 4) is 5.75 Å². The topological polar surface area (TPSA) is 34.1 Å². The van der Waals surface area contributed by atoms with E-state index in [9.17, 15) is 0 Å². The predicted molar refractivity (Wildman–Crippen MR) is 64.5 cm³/mol. The molecule has 2 heterocycles. The summed E-state index contributed by atoms with van der Waals surface area (Å²) in [4.78, 5) is 4.24. The molecule has 0 amide bonds. The maximum atomic E-state index is 5.47. The van der Waals surface area contributed by atoms with Crippen molar-refractivity contribution < 1.29 is 4.74 Å². The van der Waals surface area contributed by atoms with Crippen LogP contribution in [0.25, 0.3) is 0 Å². The van der Waals surface area contributed by atoms with Crippen LogP contribution in [0.3, 0.4) is 0 Å². The van der Waals surface area contributed by atoms with E-state index < -0.39 is 0 Å². The van der Waals surface area contributed by atoms with Crippen LogP contribution < -0.4 is 10.1 Å². The Hall–Kier alpha value is -1.09. The lowest BCUT2D eigenvalue weighted by Crippen LogP contribution is -2.30. The highest BCUT2D eigenvalue weighted by Gasteiger charge is 2.20. The summed E-state index contributed by atoms with van der Waals surface area (Å²) in [6, 6.07) is 2.54. The van der Waals surface area contributed by atoms with Crippen molar-refractivity contribution in [3.63, 3.8) is 0 Å². The minimum Gasteiger partial charge on any atom is -0.492 e. The average Bonchev–Trinajstić information content (AvgIpc) is 2.30. The summed E-state index contributed by atoms with van der Waals surface area (Å²) in [5, 5.41) is 3.54. The molecule has 1 saturated heterocycles. The monoisotopic (exact) mass is 220 g/mol. The Morgan fingerprint density at radius 2 is 2.38 bits per heavy atom. The van der Waals surface area contributed by atoms with E-state index in [2.05, 4.69) is 23.3 Å². The maximum Gasteiger partial charge on any atom is 0.137 e. The van der Waals surface area contributed by atoms with Crippen molar-refractivity contribution in [2.75, 3.05) is 13.2 Å². The zero-order valence-corrected chi connectivity index (χ0v) is 10.1. The van der Waals surface area contributed by atoms with E-state index in [4.69, 9.17) is 4.74 Å². The van der Waals surface area contributed by atoms with Crippen LogP contribution in [-0.2, 0) is 0 Å². The molecular weight excluding hydrogens is 200 g/mol. The van der Waals surface area contributed by atoms with Gasteiger partial charge in [-0.25, -0.2) is 0 Å². The van der Waals surface area contributed by atoms with E-state index in [1.807, 2.05) is 13.1 Å². The number of ether oxygens (including phenoxy) is 1. The molecule has 0 saturated carbocycles. The molecule has 1 N–H and O–H groups in total. The quantitative estimate of drug-likeness (QED) is 0.850. The second-order valence-electron chi connectivity index (χ2n) is 4.52. The number of pyridine rings is 1. The number of piperidine rings is 1. The molecule has 2 unspecified atom stereocenters. The molecule has 3 nitrogen and oxygen atoms in total. The number of aromatic nitrogens is 1. The second kappa shape index (κ2) is 5.30. The standard InChI is InChI=1S/C13H20N2O/c1-3-16-12-7-11(8-14-9-12)13-6-10(2)4-5-15-13/h7-10,13,15H,3-6H2,1-2H3. The third-order valence-electron chi connectivity index (χ3n) is 3.11. The summed E-state index contributed by atoms with van der Waals surface area (Å²) in [6.07, 6.45) is 6.18. The average molecular weight is 220 g/mol. The normalized spacial score (nSPS) is 25.4. The van der Waals surface area contributed by atoms with Crippen LogP contribution in [0, 0.1) is 5.92 Å². The molecule has 1 aromatic rings. The van der Waals surface area contributed by atoms with Gasteiger partial charge in [-0.05, 0) is 43.9 Å². The third kappa shape index (κ3) is 2.73. The maximum absolute atomic E-state index is 5.47. The van der Waals surface area contributed by atoms with Gasteiger partial charge in [-0.1, -0.05) is 6.92 Å². The summed E-state index contributed by atoms with van der Waals surface area (Å²) >= 11 is 0. The lowest BCUT2D eigenvalue weighted by atomic mass is 9.91. The van der Waals surface area contributed by atoms with Crippen molar-refractivity contribution in [2.24, 2.45) is 5.92 Å². The van der Waals surface area contributed by atoms with Gasteiger partial charge in [-0.15, -0.1) is 0 Å². The molecule has 0 radical (unpaired) electrons. The smallest absolute Gasteiger partial charge is 0.137 e. The highest BCUT2D eigenvalue weighted by molar-refractivity contribution is 5.26. The van der Waals surface area contributed by atoms with Crippen LogP contribution in [0.4, 0.5) is 0 Å². The Labute approximate surface area is 97.2 Å². The largest absolute Gasteiger partial charge is 0.492 e. The molecule has 0 aromatic carbocycles. The van der Waals surface area contributed by atoms with E-state index >= 15 is 0 Å². The van der Waals surface area contributed by atoms with Crippen LogP contribution in [0.2, 0.25) is 0 Å². The van der Waals surface area contributed by atoms with Crippen molar-refractivity contribution in [2.45, 2.75) is 32.7 Å². The molecule has 1 aromatic heterocycles. The van der Waals surface area contributed by atoms with Gasteiger partial charge in [0.25, 0.3) is 0 Å². The van der Waals surface area contributed by atoms with Gasteiger partial charge >= 0.3 is 0 Å². The van der Waals surface area contributed by atoms with Gasteiger partial charge in [0.2, 0.25) is 0 Å². The van der Waals surface area contributed by atoms with Crippen molar-refractivity contribution in [1.82, 2.24) is 10.3 Å². The Morgan fingerprint density at radius 1 is 1.50 bits per heavy atom. The molecule has 88 valence electrons. The summed E-state index contributed by atoms with van der Waals surface area (Å²) in [7, 11) is 0. The van der Waals surface area contributed by atoms with E-state index in [0.717, 1.165) is 18.2 Å². The highest BCUT2D eigenvalue weighted by atomic mass is 16.5. The molecule has 16 heavy (non-hydrogen) atoms. The summed E-state index contributed by atoms with van der Waals surface area (Å²) in [5.74, 6) is 1.67. The van der Waals surface area contributed by atoms with E-state index in [1.165, 1.54) is 18.4 Å². The molecule has 0 bridgehead atoms. The van der Waals surface area contributed by atoms with Gasteiger partial charge in [-0.2, -0.15) is 0 Å². The van der Waals surface area contributed by atoms with E-state index in [1.54, 1.807) is 6.20 Å². The first-order chi connectivity index (χ1) is 7.79. The van der Waals surface area contributed by atoms with Crippen LogP contribution >= 0.6 is 0 Å². The highest BCUT2D eigenvalue weighted by Crippen LogP contribution is 2.27. The molecule has 2 atom stereocenters. The molecule has 1 fully saturated rings. The lowest BCUT2D eigenvalue weighted by molar-refractivity contribution is 0.319. The zero-order valence-electron chi connectivity index (χ0n) is 10.1. The minimum atomic E-state index is 0.441. The van der Waals surface area contributed by atoms with Crippen LogP contribution in [0.1, 0.15) is 38.3 Å². The number of hydrogen-bond donors (Lipinski definition) is 1. The third-order valence-corrected chi connectivity index (χ3v) is 3.11. The van der Waals surface area contributed by atoms with Gasteiger partial charge in [-0.3, -0.25) is 4.98 Å². The zero-order chi connectivity index (χ0) is 11.4. The fourth-order valence-electron chi connectivity index (χ4n) is 2.23. The van der Waals surface area contributed by atoms with Gasteiger partial charge in [0.05, 0.1) is 12.8 Å². The first-order valence-electron chi connectivity index (χ1n) is 6.10. The van der Waals surface area contributed by atoms with Crippen molar-refractivity contribution in [1.29, 1.82) is 0 Å². The molecule has 1 aliphatic rings. The molecule has 3 heteroatoms. The summed E-state index contributed by atoms with van der Waals surface area (Å²) in [5.41, 5.74) is 1.25. The number of hydrogen-bond acceptors (Lipinski definition) is 3. The predicted octanol–water partition coefficient (Wildman–Crippen LogP) is 2.54. The fourth-order valence-corrected chi connectivity index (χ4v) is 2.23. The van der Waals surface area contributed by atoms with E-state index in [-0.39, 0.29) is 0 Å². The van der Waals surface area contributed by atoms with E-state index in [0.29, 0.717) is 12.6 Å². The number of rotatable bonds is 3.